The molecule has 0 aromatic carbocycles. The number of anilines is 2. The summed E-state index contributed by atoms with van der Waals surface area (Å²) in [5.74, 6) is 0.375. The number of hydrogen-bond donors (Lipinski definition) is 2. The summed E-state index contributed by atoms with van der Waals surface area (Å²) in [5, 5.41) is 15.4. The molecule has 3 heterocycles. The van der Waals surface area contributed by atoms with Crippen molar-refractivity contribution in [1.29, 1.82) is 5.26 Å². The van der Waals surface area contributed by atoms with E-state index in [0.717, 1.165) is 25.1 Å². The van der Waals surface area contributed by atoms with Gasteiger partial charge in [0, 0.05) is 56.0 Å². The first-order valence-corrected chi connectivity index (χ1v) is 8.46. The highest BCUT2D eigenvalue weighted by Gasteiger charge is 2.33. The Balaban J connectivity index is 1.74. The maximum Gasteiger partial charge on any atom is 0.416 e. The summed E-state index contributed by atoms with van der Waals surface area (Å²) in [6.07, 6.45) is 0.885. The fourth-order valence-electron chi connectivity index (χ4n) is 2.85. The molecule has 2 N–H and O–H groups in total. The van der Waals surface area contributed by atoms with Gasteiger partial charge in [0.15, 0.2) is 0 Å². The number of hydrogen-bond acceptors (Lipinski definition) is 6. The molecule has 2 aromatic heterocycles. The van der Waals surface area contributed by atoms with E-state index in [4.69, 9.17) is 4.74 Å². The van der Waals surface area contributed by atoms with Gasteiger partial charge in [0.25, 0.3) is 0 Å². The molecule has 0 atom stereocenters. The quantitative estimate of drug-likeness (QED) is 0.829. The molecule has 0 radical (unpaired) electrons. The second-order valence-electron chi connectivity index (χ2n) is 6.14. The molecule has 3 rings (SSSR count). The summed E-state index contributed by atoms with van der Waals surface area (Å²) in [7, 11) is 0. The minimum Gasteiger partial charge on any atom is -0.381 e. The molecule has 142 valence electrons. The number of halogens is 3. The SMILES string of the molecule is N#Cc1cnc(NCc2cnccc2C(F)(F)F)cc1NC1CCOCC1. The lowest BCUT2D eigenvalue weighted by Gasteiger charge is -2.24. The smallest absolute Gasteiger partial charge is 0.381 e. The van der Waals surface area contributed by atoms with Crippen LogP contribution in [0, 0.1) is 11.3 Å². The molecule has 1 fully saturated rings. The van der Waals surface area contributed by atoms with E-state index in [1.165, 1.54) is 12.4 Å². The van der Waals surface area contributed by atoms with E-state index in [9.17, 15) is 18.4 Å². The van der Waals surface area contributed by atoms with Gasteiger partial charge in [-0.2, -0.15) is 18.4 Å². The molecular formula is C18H18F3N5O. The van der Waals surface area contributed by atoms with Crippen molar-refractivity contribution in [2.75, 3.05) is 23.8 Å². The Morgan fingerprint density at radius 1 is 1.26 bits per heavy atom. The van der Waals surface area contributed by atoms with Crippen LogP contribution in [0.4, 0.5) is 24.7 Å². The van der Waals surface area contributed by atoms with Crippen LogP contribution in [0.25, 0.3) is 0 Å². The summed E-state index contributed by atoms with van der Waals surface area (Å²) in [5.41, 5.74) is 0.267. The highest BCUT2D eigenvalue weighted by Crippen LogP contribution is 2.31. The van der Waals surface area contributed by atoms with E-state index in [0.29, 0.717) is 30.3 Å². The third-order valence-electron chi connectivity index (χ3n) is 4.27. The van der Waals surface area contributed by atoms with E-state index < -0.39 is 11.7 Å². The van der Waals surface area contributed by atoms with Crippen LogP contribution in [-0.2, 0) is 17.5 Å². The number of nitrogens with one attached hydrogen (secondary N) is 2. The van der Waals surface area contributed by atoms with E-state index in [2.05, 4.69) is 26.7 Å². The first kappa shape index (κ1) is 18.9. The van der Waals surface area contributed by atoms with Gasteiger partial charge in [-0.3, -0.25) is 4.98 Å². The van der Waals surface area contributed by atoms with Crippen molar-refractivity contribution in [1.82, 2.24) is 9.97 Å². The molecule has 2 aromatic rings. The van der Waals surface area contributed by atoms with Crippen LogP contribution in [0.5, 0.6) is 0 Å². The van der Waals surface area contributed by atoms with Gasteiger partial charge in [-0.25, -0.2) is 4.98 Å². The van der Waals surface area contributed by atoms with Crippen molar-refractivity contribution < 1.29 is 17.9 Å². The highest BCUT2D eigenvalue weighted by molar-refractivity contribution is 5.62. The standard InChI is InChI=1S/C18H18F3N5O/c19-18(20,21)15-1-4-23-9-13(15)11-25-17-7-16(12(8-22)10-24-17)26-14-2-5-27-6-3-14/h1,4,7,9-10,14H,2-3,5-6,11H2,(H2,24,25,26). The molecule has 1 aliphatic rings. The van der Waals surface area contributed by atoms with Crippen molar-refractivity contribution in [3.05, 3.63) is 47.4 Å². The zero-order chi connectivity index (χ0) is 19.3. The number of nitriles is 1. The number of rotatable bonds is 5. The normalized spacial score (nSPS) is 15.2. The van der Waals surface area contributed by atoms with Gasteiger partial charge in [-0.05, 0) is 18.9 Å². The Labute approximate surface area is 154 Å². The fraction of sp³-hybridized carbons (Fsp3) is 0.389. The number of nitrogens with zero attached hydrogens (tertiary/aromatic N) is 3. The van der Waals surface area contributed by atoms with Gasteiger partial charge >= 0.3 is 6.18 Å². The zero-order valence-electron chi connectivity index (χ0n) is 14.4. The van der Waals surface area contributed by atoms with Crippen molar-refractivity contribution in [3.8, 4) is 6.07 Å². The third-order valence-corrected chi connectivity index (χ3v) is 4.27. The van der Waals surface area contributed by atoms with Crippen molar-refractivity contribution >= 4 is 11.5 Å². The second-order valence-corrected chi connectivity index (χ2v) is 6.14. The molecule has 9 heteroatoms. The monoisotopic (exact) mass is 377 g/mol. The fourth-order valence-corrected chi connectivity index (χ4v) is 2.85. The zero-order valence-corrected chi connectivity index (χ0v) is 14.4. The predicted octanol–water partition coefficient (Wildman–Crippen LogP) is 3.57. The molecule has 6 nitrogen and oxygen atoms in total. The van der Waals surface area contributed by atoms with E-state index in [-0.39, 0.29) is 18.2 Å². The summed E-state index contributed by atoms with van der Waals surface area (Å²) in [4.78, 5) is 7.88. The lowest BCUT2D eigenvalue weighted by Crippen LogP contribution is -2.28. The third kappa shape index (κ3) is 4.86. The predicted molar refractivity (Wildman–Crippen MR) is 93.0 cm³/mol. The number of alkyl halides is 3. The summed E-state index contributed by atoms with van der Waals surface area (Å²) in [6.45, 7) is 1.21. The van der Waals surface area contributed by atoms with E-state index in [1.54, 1.807) is 6.07 Å². The molecule has 1 aliphatic heterocycles. The van der Waals surface area contributed by atoms with Gasteiger partial charge in [0.2, 0.25) is 0 Å². The molecule has 0 saturated carbocycles. The lowest BCUT2D eigenvalue weighted by atomic mass is 10.1. The second kappa shape index (κ2) is 8.22. The summed E-state index contributed by atoms with van der Waals surface area (Å²) < 4.78 is 44.5. The first-order chi connectivity index (χ1) is 13.0. The van der Waals surface area contributed by atoms with Crippen LogP contribution < -0.4 is 10.6 Å². The highest BCUT2D eigenvalue weighted by atomic mass is 19.4. The van der Waals surface area contributed by atoms with Crippen molar-refractivity contribution in [2.45, 2.75) is 31.6 Å². The molecule has 0 unspecified atom stereocenters. The topological polar surface area (TPSA) is 82.9 Å². The Bertz CT molecular complexity index is 828. The molecule has 0 aliphatic carbocycles. The molecule has 1 saturated heterocycles. The van der Waals surface area contributed by atoms with Gasteiger partial charge in [-0.1, -0.05) is 0 Å². The van der Waals surface area contributed by atoms with E-state index >= 15 is 0 Å². The van der Waals surface area contributed by atoms with Crippen LogP contribution >= 0.6 is 0 Å². The number of ether oxygens (including phenoxy) is 1. The van der Waals surface area contributed by atoms with Crippen LogP contribution in [0.3, 0.4) is 0 Å². The van der Waals surface area contributed by atoms with Gasteiger partial charge in [-0.15, -0.1) is 0 Å². The lowest BCUT2D eigenvalue weighted by molar-refractivity contribution is -0.138. The first-order valence-electron chi connectivity index (χ1n) is 8.46. The van der Waals surface area contributed by atoms with Crippen LogP contribution in [0.1, 0.15) is 29.5 Å². The van der Waals surface area contributed by atoms with Crippen LogP contribution in [-0.4, -0.2) is 29.2 Å². The van der Waals surface area contributed by atoms with E-state index in [1.807, 2.05) is 0 Å². The van der Waals surface area contributed by atoms with Gasteiger partial charge in [0.1, 0.15) is 11.9 Å². The van der Waals surface area contributed by atoms with Crippen molar-refractivity contribution in [3.63, 3.8) is 0 Å². The molecule has 0 spiro atoms. The number of pyridine rings is 2. The molecular weight excluding hydrogens is 359 g/mol. The minimum atomic E-state index is -4.45. The largest absolute Gasteiger partial charge is 0.416 e. The molecule has 0 bridgehead atoms. The van der Waals surface area contributed by atoms with Crippen molar-refractivity contribution in [2.24, 2.45) is 0 Å². The maximum atomic E-state index is 13.1. The Morgan fingerprint density at radius 3 is 2.74 bits per heavy atom. The average Bonchev–Trinajstić information content (AvgIpc) is 2.67. The Hall–Kier alpha value is -2.86. The maximum absolute atomic E-state index is 13.1. The Morgan fingerprint density at radius 2 is 2.04 bits per heavy atom. The van der Waals surface area contributed by atoms with Crippen LogP contribution in [0.2, 0.25) is 0 Å². The number of aromatic nitrogens is 2. The Kier molecular flexibility index (Phi) is 5.76. The van der Waals surface area contributed by atoms with Gasteiger partial charge < -0.3 is 15.4 Å². The summed E-state index contributed by atoms with van der Waals surface area (Å²) in [6, 6.07) is 4.83. The van der Waals surface area contributed by atoms with Crippen LogP contribution in [0.15, 0.2) is 30.7 Å². The van der Waals surface area contributed by atoms with Gasteiger partial charge in [0.05, 0.1) is 16.8 Å². The molecule has 0 amide bonds. The molecule has 27 heavy (non-hydrogen) atoms. The summed E-state index contributed by atoms with van der Waals surface area (Å²) >= 11 is 0. The minimum absolute atomic E-state index is 0.0232. The average molecular weight is 377 g/mol.